The number of hydrazine groups is 1. The average molecular weight is 228 g/mol. The molecule has 1 aliphatic carbocycles. The van der Waals surface area contributed by atoms with E-state index in [0.717, 1.165) is 38.2 Å². The maximum atomic E-state index is 6.08. The van der Waals surface area contributed by atoms with Gasteiger partial charge in [0, 0.05) is 6.61 Å². The summed E-state index contributed by atoms with van der Waals surface area (Å²) in [7, 11) is 0. The van der Waals surface area contributed by atoms with E-state index in [2.05, 4.69) is 26.2 Å². The summed E-state index contributed by atoms with van der Waals surface area (Å²) >= 11 is 0. The van der Waals surface area contributed by atoms with Crippen molar-refractivity contribution >= 4 is 0 Å². The number of hydrogen-bond donors (Lipinski definition) is 2. The van der Waals surface area contributed by atoms with E-state index in [1.165, 1.54) is 12.8 Å². The first-order chi connectivity index (χ1) is 7.68. The number of rotatable bonds is 6. The Morgan fingerprint density at radius 2 is 2.00 bits per heavy atom. The van der Waals surface area contributed by atoms with Gasteiger partial charge < -0.3 is 4.74 Å². The molecule has 0 aromatic heterocycles. The molecular weight excluding hydrogens is 200 g/mol. The Balaban J connectivity index is 2.69. The SMILES string of the molecule is CCCC(NN)C1(OCC)CCC(C)CC1. The summed E-state index contributed by atoms with van der Waals surface area (Å²) < 4.78 is 6.08. The molecule has 0 amide bonds. The van der Waals surface area contributed by atoms with Gasteiger partial charge in [-0.25, -0.2) is 0 Å². The van der Waals surface area contributed by atoms with E-state index in [0.29, 0.717) is 6.04 Å². The Bertz CT molecular complexity index is 188. The first kappa shape index (κ1) is 13.9. The van der Waals surface area contributed by atoms with Crippen molar-refractivity contribution < 1.29 is 4.74 Å². The predicted molar refractivity (Wildman–Crippen MR) is 68.0 cm³/mol. The molecule has 0 aromatic carbocycles. The van der Waals surface area contributed by atoms with Crippen molar-refractivity contribution in [3.8, 4) is 0 Å². The summed E-state index contributed by atoms with van der Waals surface area (Å²) in [6.45, 7) is 7.41. The first-order valence-corrected chi connectivity index (χ1v) is 6.78. The lowest BCUT2D eigenvalue weighted by Gasteiger charge is -2.44. The Kier molecular flexibility index (Phi) is 5.73. The van der Waals surface area contributed by atoms with Crippen LogP contribution in [-0.4, -0.2) is 18.2 Å². The molecule has 1 saturated carbocycles. The molecule has 0 spiro atoms. The lowest BCUT2D eigenvalue weighted by atomic mass is 9.74. The molecule has 3 heteroatoms. The molecule has 3 nitrogen and oxygen atoms in total. The van der Waals surface area contributed by atoms with Crippen LogP contribution in [0.2, 0.25) is 0 Å². The Morgan fingerprint density at radius 3 is 2.44 bits per heavy atom. The largest absolute Gasteiger partial charge is 0.374 e. The average Bonchev–Trinajstić information content (AvgIpc) is 2.30. The van der Waals surface area contributed by atoms with E-state index in [9.17, 15) is 0 Å². The van der Waals surface area contributed by atoms with Crippen LogP contribution >= 0.6 is 0 Å². The van der Waals surface area contributed by atoms with Crippen molar-refractivity contribution in [2.45, 2.75) is 70.9 Å². The maximum absolute atomic E-state index is 6.08. The minimum Gasteiger partial charge on any atom is -0.374 e. The zero-order valence-electron chi connectivity index (χ0n) is 11.1. The van der Waals surface area contributed by atoms with E-state index < -0.39 is 0 Å². The van der Waals surface area contributed by atoms with Gasteiger partial charge in [0.15, 0.2) is 0 Å². The summed E-state index contributed by atoms with van der Waals surface area (Å²) in [4.78, 5) is 0. The monoisotopic (exact) mass is 228 g/mol. The van der Waals surface area contributed by atoms with Gasteiger partial charge in [-0.2, -0.15) is 0 Å². The Labute approximate surface area is 100 Å². The van der Waals surface area contributed by atoms with Crippen LogP contribution in [-0.2, 0) is 4.74 Å². The number of nitrogens with two attached hydrogens (primary N) is 1. The molecule has 0 aliphatic heterocycles. The number of nitrogens with one attached hydrogen (secondary N) is 1. The highest BCUT2D eigenvalue weighted by molar-refractivity contribution is 4.95. The maximum Gasteiger partial charge on any atom is 0.0848 e. The van der Waals surface area contributed by atoms with Crippen LogP contribution in [0.5, 0.6) is 0 Å². The molecule has 96 valence electrons. The minimum atomic E-state index is -0.00792. The molecule has 0 radical (unpaired) electrons. The van der Waals surface area contributed by atoms with Crippen molar-refractivity contribution in [1.29, 1.82) is 0 Å². The molecule has 1 unspecified atom stereocenters. The highest BCUT2D eigenvalue weighted by atomic mass is 16.5. The number of hydrogen-bond acceptors (Lipinski definition) is 3. The van der Waals surface area contributed by atoms with Gasteiger partial charge in [0.25, 0.3) is 0 Å². The zero-order valence-corrected chi connectivity index (χ0v) is 11.1. The Hall–Kier alpha value is -0.120. The second kappa shape index (κ2) is 6.58. The topological polar surface area (TPSA) is 47.3 Å². The number of ether oxygens (including phenoxy) is 1. The molecule has 1 aliphatic rings. The first-order valence-electron chi connectivity index (χ1n) is 6.78. The van der Waals surface area contributed by atoms with Gasteiger partial charge in [-0.1, -0.05) is 20.3 Å². The summed E-state index contributed by atoms with van der Waals surface area (Å²) in [5, 5.41) is 0. The summed E-state index contributed by atoms with van der Waals surface area (Å²) in [6, 6.07) is 0.310. The van der Waals surface area contributed by atoms with Crippen LogP contribution in [0.1, 0.15) is 59.3 Å². The molecule has 0 heterocycles. The van der Waals surface area contributed by atoms with Crippen molar-refractivity contribution in [3.63, 3.8) is 0 Å². The molecule has 1 atom stereocenters. The van der Waals surface area contributed by atoms with Crippen molar-refractivity contribution in [2.24, 2.45) is 11.8 Å². The summed E-state index contributed by atoms with van der Waals surface area (Å²) in [5.74, 6) is 6.55. The highest BCUT2D eigenvalue weighted by Crippen LogP contribution is 2.38. The quantitative estimate of drug-likeness (QED) is 0.542. The molecule has 1 rings (SSSR count). The van der Waals surface area contributed by atoms with Gasteiger partial charge in [-0.15, -0.1) is 0 Å². The van der Waals surface area contributed by atoms with Crippen molar-refractivity contribution in [1.82, 2.24) is 5.43 Å². The fraction of sp³-hybridized carbons (Fsp3) is 1.00. The second-order valence-corrected chi connectivity index (χ2v) is 5.19. The van der Waals surface area contributed by atoms with Gasteiger partial charge in [0.1, 0.15) is 0 Å². The minimum absolute atomic E-state index is 0.00792. The lowest BCUT2D eigenvalue weighted by molar-refractivity contribution is -0.0979. The molecule has 0 saturated heterocycles. The van der Waals surface area contributed by atoms with Crippen LogP contribution in [0.25, 0.3) is 0 Å². The molecular formula is C13H28N2O. The normalized spacial score (nSPS) is 32.6. The zero-order chi connectivity index (χ0) is 12.0. The molecule has 0 bridgehead atoms. The molecule has 0 aromatic rings. The molecule has 1 fully saturated rings. The second-order valence-electron chi connectivity index (χ2n) is 5.19. The third-order valence-corrected chi connectivity index (χ3v) is 3.97. The smallest absolute Gasteiger partial charge is 0.0848 e. The van der Waals surface area contributed by atoms with Crippen LogP contribution in [0, 0.1) is 5.92 Å². The standard InChI is InChI=1S/C13H28N2O/c1-4-6-12(15-14)13(16-5-2)9-7-11(3)8-10-13/h11-12,15H,4-10,14H2,1-3H3. The highest BCUT2D eigenvalue weighted by Gasteiger charge is 2.41. The fourth-order valence-corrected chi connectivity index (χ4v) is 2.92. The third-order valence-electron chi connectivity index (χ3n) is 3.97. The van der Waals surface area contributed by atoms with Crippen molar-refractivity contribution in [3.05, 3.63) is 0 Å². The van der Waals surface area contributed by atoms with E-state index in [1.807, 2.05) is 0 Å². The van der Waals surface area contributed by atoms with E-state index in [-0.39, 0.29) is 5.60 Å². The van der Waals surface area contributed by atoms with Crippen molar-refractivity contribution in [2.75, 3.05) is 6.61 Å². The molecule has 16 heavy (non-hydrogen) atoms. The lowest BCUT2D eigenvalue weighted by Crippen LogP contribution is -2.56. The van der Waals surface area contributed by atoms with Crippen LogP contribution in [0.3, 0.4) is 0 Å². The summed E-state index contributed by atoms with van der Waals surface area (Å²) in [6.07, 6.45) is 7.08. The van der Waals surface area contributed by atoms with Gasteiger partial charge >= 0.3 is 0 Å². The Morgan fingerprint density at radius 1 is 1.38 bits per heavy atom. The van der Waals surface area contributed by atoms with E-state index in [1.54, 1.807) is 0 Å². The van der Waals surface area contributed by atoms with Crippen LogP contribution in [0.4, 0.5) is 0 Å². The van der Waals surface area contributed by atoms with Gasteiger partial charge in [-0.3, -0.25) is 11.3 Å². The van der Waals surface area contributed by atoms with Gasteiger partial charge in [0.2, 0.25) is 0 Å². The predicted octanol–water partition coefficient (Wildman–Crippen LogP) is 2.60. The fourth-order valence-electron chi connectivity index (χ4n) is 2.92. The van der Waals surface area contributed by atoms with Crippen LogP contribution < -0.4 is 11.3 Å². The van der Waals surface area contributed by atoms with E-state index >= 15 is 0 Å². The van der Waals surface area contributed by atoms with E-state index in [4.69, 9.17) is 10.6 Å². The van der Waals surface area contributed by atoms with Gasteiger partial charge in [0.05, 0.1) is 11.6 Å². The van der Waals surface area contributed by atoms with Crippen LogP contribution in [0.15, 0.2) is 0 Å². The summed E-state index contributed by atoms with van der Waals surface area (Å²) in [5.41, 5.74) is 2.98. The van der Waals surface area contributed by atoms with Gasteiger partial charge in [-0.05, 0) is 44.9 Å². The molecule has 3 N–H and O–H groups in total. The third kappa shape index (κ3) is 3.19.